The fraction of sp³-hybridized carbons (Fsp3) is 0.875. The first kappa shape index (κ1) is 16.3. The Labute approximate surface area is 127 Å². The van der Waals surface area contributed by atoms with Crippen molar-refractivity contribution < 1.29 is 9.59 Å². The van der Waals surface area contributed by atoms with Crippen LogP contribution >= 0.6 is 0 Å². The third-order valence-corrected chi connectivity index (χ3v) is 4.69. The van der Waals surface area contributed by atoms with Gasteiger partial charge in [-0.2, -0.15) is 0 Å². The maximum absolute atomic E-state index is 11.7. The molecule has 0 unspecified atom stereocenters. The van der Waals surface area contributed by atoms with Crippen molar-refractivity contribution in [2.75, 3.05) is 26.2 Å². The van der Waals surface area contributed by atoms with E-state index in [1.807, 2.05) is 0 Å². The van der Waals surface area contributed by atoms with Crippen molar-refractivity contribution >= 4 is 11.8 Å². The van der Waals surface area contributed by atoms with Gasteiger partial charge in [0.2, 0.25) is 11.8 Å². The fourth-order valence-electron chi connectivity index (χ4n) is 2.94. The molecule has 5 nitrogen and oxygen atoms in total. The van der Waals surface area contributed by atoms with Gasteiger partial charge in [0.25, 0.3) is 0 Å². The Balaban J connectivity index is 1.42. The summed E-state index contributed by atoms with van der Waals surface area (Å²) in [7, 11) is 0. The minimum absolute atomic E-state index is 0.152. The van der Waals surface area contributed by atoms with Crippen LogP contribution in [-0.2, 0) is 9.59 Å². The lowest BCUT2D eigenvalue weighted by Gasteiger charge is -2.24. The van der Waals surface area contributed by atoms with E-state index in [-0.39, 0.29) is 17.7 Å². The first-order valence-corrected chi connectivity index (χ1v) is 8.51. The van der Waals surface area contributed by atoms with Gasteiger partial charge in [0, 0.05) is 25.4 Å². The van der Waals surface area contributed by atoms with Crippen LogP contribution in [0.4, 0.5) is 0 Å². The normalized spacial score (nSPS) is 19.8. The number of rotatable bonds is 8. The molecule has 0 aromatic rings. The van der Waals surface area contributed by atoms with Crippen LogP contribution in [0.2, 0.25) is 0 Å². The van der Waals surface area contributed by atoms with Gasteiger partial charge in [-0.3, -0.25) is 9.59 Å². The van der Waals surface area contributed by atoms with E-state index in [4.69, 9.17) is 0 Å². The molecule has 1 aliphatic heterocycles. The number of amides is 2. The third kappa shape index (κ3) is 6.04. The molecule has 0 spiro atoms. The Kier molecular flexibility index (Phi) is 7.00. The van der Waals surface area contributed by atoms with Crippen molar-refractivity contribution in [3.63, 3.8) is 0 Å². The summed E-state index contributed by atoms with van der Waals surface area (Å²) in [6, 6.07) is 0. The van der Waals surface area contributed by atoms with Gasteiger partial charge in [-0.1, -0.05) is 6.42 Å². The molecule has 1 saturated heterocycles. The molecule has 2 aliphatic rings. The second-order valence-electron chi connectivity index (χ2n) is 6.35. The number of carbonyl (C=O) groups excluding carboxylic acids is 2. The second kappa shape index (κ2) is 9.03. The molecule has 0 aromatic carbocycles. The van der Waals surface area contributed by atoms with E-state index < -0.39 is 0 Å². The maximum atomic E-state index is 11.7. The standard InChI is InChI=1S/C16H29N3O2/c20-15(6-5-13-7-11-17-12-8-13)18-9-2-10-19-16(21)14-3-1-4-14/h13-14,17H,1-12H2,(H,18,20)(H,19,21). The van der Waals surface area contributed by atoms with E-state index in [2.05, 4.69) is 16.0 Å². The van der Waals surface area contributed by atoms with E-state index in [9.17, 15) is 9.59 Å². The van der Waals surface area contributed by atoms with Gasteiger partial charge in [0.05, 0.1) is 0 Å². The highest BCUT2D eigenvalue weighted by molar-refractivity contribution is 5.79. The molecule has 2 amide bonds. The highest BCUT2D eigenvalue weighted by atomic mass is 16.2. The predicted molar refractivity (Wildman–Crippen MR) is 82.8 cm³/mol. The van der Waals surface area contributed by atoms with Gasteiger partial charge in [-0.05, 0) is 57.5 Å². The molecule has 1 saturated carbocycles. The first-order chi connectivity index (χ1) is 10.3. The average Bonchev–Trinajstić information content (AvgIpc) is 2.44. The number of nitrogens with one attached hydrogen (secondary N) is 3. The van der Waals surface area contributed by atoms with Crippen LogP contribution in [0, 0.1) is 11.8 Å². The highest BCUT2D eigenvalue weighted by Gasteiger charge is 2.24. The van der Waals surface area contributed by atoms with Gasteiger partial charge >= 0.3 is 0 Å². The van der Waals surface area contributed by atoms with E-state index in [0.29, 0.717) is 25.4 Å². The predicted octanol–water partition coefficient (Wildman–Crippen LogP) is 1.19. The van der Waals surface area contributed by atoms with E-state index >= 15 is 0 Å². The molecule has 2 rings (SSSR count). The Morgan fingerprint density at radius 3 is 2.38 bits per heavy atom. The molecular formula is C16H29N3O2. The minimum Gasteiger partial charge on any atom is -0.356 e. The quantitative estimate of drug-likeness (QED) is 0.589. The van der Waals surface area contributed by atoms with Crippen LogP contribution < -0.4 is 16.0 Å². The molecule has 1 aliphatic carbocycles. The third-order valence-electron chi connectivity index (χ3n) is 4.69. The Morgan fingerprint density at radius 1 is 1.00 bits per heavy atom. The van der Waals surface area contributed by atoms with Crippen molar-refractivity contribution in [2.45, 2.75) is 51.4 Å². The summed E-state index contributed by atoms with van der Waals surface area (Å²) in [6.07, 6.45) is 8.12. The SMILES string of the molecule is O=C(CCC1CCNCC1)NCCCNC(=O)C1CCC1. The summed E-state index contributed by atoms with van der Waals surface area (Å²) in [5, 5.41) is 9.23. The summed E-state index contributed by atoms with van der Waals surface area (Å²) in [6.45, 7) is 3.51. The van der Waals surface area contributed by atoms with Crippen molar-refractivity contribution in [3.8, 4) is 0 Å². The van der Waals surface area contributed by atoms with Gasteiger partial charge in [0.15, 0.2) is 0 Å². The van der Waals surface area contributed by atoms with E-state index in [1.165, 1.54) is 19.3 Å². The summed E-state index contributed by atoms with van der Waals surface area (Å²) >= 11 is 0. The summed E-state index contributed by atoms with van der Waals surface area (Å²) < 4.78 is 0. The smallest absolute Gasteiger partial charge is 0.223 e. The molecule has 2 fully saturated rings. The van der Waals surface area contributed by atoms with Gasteiger partial charge in [-0.25, -0.2) is 0 Å². The zero-order valence-electron chi connectivity index (χ0n) is 13.0. The van der Waals surface area contributed by atoms with Gasteiger partial charge in [-0.15, -0.1) is 0 Å². The van der Waals surface area contributed by atoms with Crippen LogP contribution in [0.1, 0.15) is 51.4 Å². The number of hydrogen-bond acceptors (Lipinski definition) is 3. The van der Waals surface area contributed by atoms with Crippen molar-refractivity contribution in [3.05, 3.63) is 0 Å². The lowest BCUT2D eigenvalue weighted by molar-refractivity contribution is -0.127. The highest BCUT2D eigenvalue weighted by Crippen LogP contribution is 2.26. The zero-order chi connectivity index (χ0) is 14.9. The van der Waals surface area contributed by atoms with Crippen LogP contribution in [0.5, 0.6) is 0 Å². The fourth-order valence-corrected chi connectivity index (χ4v) is 2.94. The van der Waals surface area contributed by atoms with Gasteiger partial charge < -0.3 is 16.0 Å². The van der Waals surface area contributed by atoms with Crippen LogP contribution in [0.15, 0.2) is 0 Å². The molecule has 0 bridgehead atoms. The Bertz CT molecular complexity index is 336. The molecule has 120 valence electrons. The first-order valence-electron chi connectivity index (χ1n) is 8.51. The molecule has 1 heterocycles. The number of hydrogen-bond donors (Lipinski definition) is 3. The molecular weight excluding hydrogens is 266 g/mol. The van der Waals surface area contributed by atoms with Gasteiger partial charge in [0.1, 0.15) is 0 Å². The molecule has 0 radical (unpaired) electrons. The Morgan fingerprint density at radius 2 is 1.71 bits per heavy atom. The lowest BCUT2D eigenvalue weighted by atomic mass is 9.85. The molecule has 3 N–H and O–H groups in total. The van der Waals surface area contributed by atoms with Crippen LogP contribution in [-0.4, -0.2) is 38.0 Å². The molecule has 0 atom stereocenters. The molecule has 5 heteroatoms. The maximum Gasteiger partial charge on any atom is 0.223 e. The van der Waals surface area contributed by atoms with Crippen molar-refractivity contribution in [1.82, 2.24) is 16.0 Å². The summed E-state index contributed by atoms with van der Waals surface area (Å²) in [5.74, 6) is 1.31. The van der Waals surface area contributed by atoms with Crippen LogP contribution in [0.25, 0.3) is 0 Å². The Hall–Kier alpha value is -1.10. The number of carbonyl (C=O) groups is 2. The minimum atomic E-state index is 0.152. The molecule has 21 heavy (non-hydrogen) atoms. The average molecular weight is 295 g/mol. The van der Waals surface area contributed by atoms with Crippen molar-refractivity contribution in [2.24, 2.45) is 11.8 Å². The topological polar surface area (TPSA) is 70.2 Å². The van der Waals surface area contributed by atoms with E-state index in [0.717, 1.165) is 38.8 Å². The van der Waals surface area contributed by atoms with Crippen LogP contribution in [0.3, 0.4) is 0 Å². The lowest BCUT2D eigenvalue weighted by Crippen LogP contribution is -2.36. The second-order valence-corrected chi connectivity index (χ2v) is 6.35. The van der Waals surface area contributed by atoms with E-state index in [1.54, 1.807) is 0 Å². The molecule has 0 aromatic heterocycles. The number of piperidine rings is 1. The monoisotopic (exact) mass is 295 g/mol. The zero-order valence-corrected chi connectivity index (χ0v) is 13.0. The summed E-state index contributed by atoms with van der Waals surface area (Å²) in [4.78, 5) is 23.3. The van der Waals surface area contributed by atoms with Crippen molar-refractivity contribution in [1.29, 1.82) is 0 Å². The summed E-state index contributed by atoms with van der Waals surface area (Å²) in [5.41, 5.74) is 0. The largest absolute Gasteiger partial charge is 0.356 e.